The standard InChI is InChI=1S/C11H12BrClN2O3/c1-2-18-11(17)9(14)10(16)15-6-3-4-8(13)7(12)5-6/h3-5,9H,2,14H2,1H3,(H,15,16). The highest BCUT2D eigenvalue weighted by atomic mass is 79.9. The van der Waals surface area contributed by atoms with Gasteiger partial charge in [0.25, 0.3) is 5.91 Å². The van der Waals surface area contributed by atoms with Gasteiger partial charge in [0.1, 0.15) is 0 Å². The highest BCUT2D eigenvalue weighted by molar-refractivity contribution is 9.10. The summed E-state index contributed by atoms with van der Waals surface area (Å²) in [5.74, 6) is -1.40. The Morgan fingerprint density at radius 3 is 2.78 bits per heavy atom. The highest BCUT2D eigenvalue weighted by Crippen LogP contribution is 2.25. The third-order valence-electron chi connectivity index (χ3n) is 2.01. The van der Waals surface area contributed by atoms with Crippen molar-refractivity contribution in [3.05, 3.63) is 27.7 Å². The predicted octanol–water partition coefficient (Wildman–Crippen LogP) is 1.93. The van der Waals surface area contributed by atoms with Gasteiger partial charge in [-0.25, -0.2) is 4.79 Å². The van der Waals surface area contributed by atoms with Gasteiger partial charge in [-0.1, -0.05) is 11.6 Å². The minimum absolute atomic E-state index is 0.173. The molecule has 98 valence electrons. The van der Waals surface area contributed by atoms with Crippen molar-refractivity contribution < 1.29 is 14.3 Å². The molecule has 1 amide bonds. The largest absolute Gasteiger partial charge is 0.464 e. The molecule has 0 aliphatic rings. The van der Waals surface area contributed by atoms with Crippen molar-refractivity contribution in [2.24, 2.45) is 5.73 Å². The Bertz CT molecular complexity index is 468. The number of carbonyl (C=O) groups is 2. The molecular weight excluding hydrogens is 323 g/mol. The van der Waals surface area contributed by atoms with Gasteiger partial charge < -0.3 is 15.8 Å². The molecule has 0 aromatic heterocycles. The van der Waals surface area contributed by atoms with E-state index in [1.54, 1.807) is 25.1 Å². The molecule has 0 aliphatic carbocycles. The fraction of sp³-hybridized carbons (Fsp3) is 0.273. The first-order valence-corrected chi connectivity index (χ1v) is 6.31. The zero-order valence-electron chi connectivity index (χ0n) is 9.57. The summed E-state index contributed by atoms with van der Waals surface area (Å²) in [6, 6.07) is 3.47. The number of nitrogens with one attached hydrogen (secondary N) is 1. The topological polar surface area (TPSA) is 81.4 Å². The van der Waals surface area contributed by atoms with Gasteiger partial charge in [-0.05, 0) is 41.1 Å². The zero-order valence-corrected chi connectivity index (χ0v) is 11.9. The first-order valence-electron chi connectivity index (χ1n) is 5.13. The lowest BCUT2D eigenvalue weighted by Gasteiger charge is -2.11. The average Bonchev–Trinajstić information content (AvgIpc) is 2.33. The molecule has 1 unspecified atom stereocenters. The summed E-state index contributed by atoms with van der Waals surface area (Å²) >= 11 is 9.03. The third kappa shape index (κ3) is 3.97. The number of hydrogen-bond donors (Lipinski definition) is 2. The van der Waals surface area contributed by atoms with Crippen molar-refractivity contribution in [1.29, 1.82) is 0 Å². The summed E-state index contributed by atoms with van der Waals surface area (Å²) in [7, 11) is 0. The molecule has 3 N–H and O–H groups in total. The molecular formula is C11H12BrClN2O3. The van der Waals surface area contributed by atoms with Crippen LogP contribution < -0.4 is 11.1 Å². The first kappa shape index (κ1) is 14.9. The smallest absolute Gasteiger partial charge is 0.332 e. The maximum absolute atomic E-state index is 11.6. The number of rotatable bonds is 4. The lowest BCUT2D eigenvalue weighted by Crippen LogP contribution is -2.43. The van der Waals surface area contributed by atoms with Gasteiger partial charge in [-0.2, -0.15) is 0 Å². The number of hydrogen-bond acceptors (Lipinski definition) is 4. The molecule has 5 nitrogen and oxygen atoms in total. The average molecular weight is 336 g/mol. The van der Waals surface area contributed by atoms with Gasteiger partial charge in [0, 0.05) is 10.2 Å². The number of esters is 1. The lowest BCUT2D eigenvalue weighted by molar-refractivity contribution is -0.146. The lowest BCUT2D eigenvalue weighted by atomic mass is 10.2. The van der Waals surface area contributed by atoms with Gasteiger partial charge in [-0.3, -0.25) is 4.79 Å². The maximum atomic E-state index is 11.6. The normalized spacial score (nSPS) is 11.8. The quantitative estimate of drug-likeness (QED) is 0.651. The number of ether oxygens (including phenoxy) is 1. The number of nitrogens with two attached hydrogens (primary N) is 1. The predicted molar refractivity (Wildman–Crippen MR) is 72.4 cm³/mol. The van der Waals surface area contributed by atoms with E-state index < -0.39 is 17.9 Å². The molecule has 1 aromatic rings. The molecule has 7 heteroatoms. The van der Waals surface area contributed by atoms with E-state index in [1.807, 2.05) is 0 Å². The van der Waals surface area contributed by atoms with Crippen molar-refractivity contribution in [2.75, 3.05) is 11.9 Å². The van der Waals surface area contributed by atoms with Crippen LogP contribution in [0.2, 0.25) is 5.02 Å². The fourth-order valence-corrected chi connectivity index (χ4v) is 1.63. The van der Waals surface area contributed by atoms with Crippen LogP contribution in [-0.4, -0.2) is 24.5 Å². The van der Waals surface area contributed by atoms with Crippen molar-refractivity contribution in [1.82, 2.24) is 0 Å². The van der Waals surface area contributed by atoms with E-state index in [0.29, 0.717) is 15.2 Å². The van der Waals surface area contributed by atoms with Crippen molar-refractivity contribution >= 4 is 45.1 Å². The van der Waals surface area contributed by atoms with Crippen LogP contribution in [0.4, 0.5) is 5.69 Å². The van der Waals surface area contributed by atoms with Crippen molar-refractivity contribution in [3.63, 3.8) is 0 Å². The van der Waals surface area contributed by atoms with Crippen LogP contribution in [-0.2, 0) is 14.3 Å². The fourth-order valence-electron chi connectivity index (χ4n) is 1.13. The zero-order chi connectivity index (χ0) is 13.7. The van der Waals surface area contributed by atoms with Crippen LogP contribution in [0.15, 0.2) is 22.7 Å². The van der Waals surface area contributed by atoms with Crippen molar-refractivity contribution in [3.8, 4) is 0 Å². The van der Waals surface area contributed by atoms with Crippen LogP contribution in [0.5, 0.6) is 0 Å². The molecule has 1 aromatic carbocycles. The van der Waals surface area contributed by atoms with Crippen LogP contribution in [0.25, 0.3) is 0 Å². The summed E-state index contributed by atoms with van der Waals surface area (Å²) in [4.78, 5) is 22.9. The molecule has 1 rings (SSSR count). The number of halogens is 2. The number of anilines is 1. The van der Waals surface area contributed by atoms with E-state index in [4.69, 9.17) is 17.3 Å². The van der Waals surface area contributed by atoms with Crippen LogP contribution in [0.3, 0.4) is 0 Å². The van der Waals surface area contributed by atoms with Crippen LogP contribution in [0.1, 0.15) is 6.92 Å². The Morgan fingerprint density at radius 2 is 2.22 bits per heavy atom. The van der Waals surface area contributed by atoms with Gasteiger partial charge >= 0.3 is 5.97 Å². The van der Waals surface area contributed by atoms with E-state index >= 15 is 0 Å². The Balaban J connectivity index is 2.69. The summed E-state index contributed by atoms with van der Waals surface area (Å²) in [5, 5.41) is 3.01. The number of benzene rings is 1. The third-order valence-corrected chi connectivity index (χ3v) is 3.22. The number of carbonyl (C=O) groups excluding carboxylic acids is 2. The van der Waals surface area contributed by atoms with Crippen molar-refractivity contribution in [2.45, 2.75) is 13.0 Å². The Labute approximate surface area is 118 Å². The first-order chi connectivity index (χ1) is 8.45. The maximum Gasteiger partial charge on any atom is 0.332 e. The van der Waals surface area contributed by atoms with E-state index in [-0.39, 0.29) is 6.61 Å². The molecule has 0 fully saturated rings. The molecule has 0 heterocycles. The summed E-state index contributed by atoms with van der Waals surface area (Å²) < 4.78 is 5.28. The summed E-state index contributed by atoms with van der Waals surface area (Å²) in [6.07, 6.45) is 0. The van der Waals surface area contributed by atoms with E-state index in [9.17, 15) is 9.59 Å². The van der Waals surface area contributed by atoms with Gasteiger partial charge in [-0.15, -0.1) is 0 Å². The monoisotopic (exact) mass is 334 g/mol. The van der Waals surface area contributed by atoms with E-state index in [1.165, 1.54) is 0 Å². The molecule has 18 heavy (non-hydrogen) atoms. The highest BCUT2D eigenvalue weighted by Gasteiger charge is 2.23. The van der Waals surface area contributed by atoms with Gasteiger partial charge in [0.15, 0.2) is 6.04 Å². The summed E-state index contributed by atoms with van der Waals surface area (Å²) in [6.45, 7) is 1.81. The molecule has 0 spiro atoms. The second kappa shape index (κ2) is 6.72. The van der Waals surface area contributed by atoms with E-state index in [0.717, 1.165) is 0 Å². The SMILES string of the molecule is CCOC(=O)C(N)C(=O)Nc1ccc(Cl)c(Br)c1. The summed E-state index contributed by atoms with van der Waals surface area (Å²) in [5.41, 5.74) is 5.92. The van der Waals surface area contributed by atoms with Gasteiger partial charge in [0.05, 0.1) is 11.6 Å². The van der Waals surface area contributed by atoms with E-state index in [2.05, 4.69) is 26.0 Å². The minimum atomic E-state index is -1.35. The van der Waals surface area contributed by atoms with Crippen LogP contribution >= 0.6 is 27.5 Å². The molecule has 0 saturated carbocycles. The van der Waals surface area contributed by atoms with Crippen LogP contribution in [0, 0.1) is 0 Å². The second-order valence-electron chi connectivity index (χ2n) is 3.35. The van der Waals surface area contributed by atoms with Gasteiger partial charge in [0.2, 0.25) is 0 Å². The Morgan fingerprint density at radius 1 is 1.56 bits per heavy atom. The molecule has 0 saturated heterocycles. The molecule has 0 radical (unpaired) electrons. The molecule has 1 atom stereocenters. The Kier molecular flexibility index (Phi) is 5.58. The second-order valence-corrected chi connectivity index (χ2v) is 4.61. The number of amides is 1. The molecule has 0 aliphatic heterocycles. The minimum Gasteiger partial charge on any atom is -0.464 e. The molecule has 0 bridgehead atoms. The Hall–Kier alpha value is -1.11.